The molecule has 1 aliphatic carbocycles. The summed E-state index contributed by atoms with van der Waals surface area (Å²) >= 11 is 0. The number of aryl methyl sites for hydroxylation is 1. The number of carbonyl (C=O) groups excluding carboxylic acids is 1. The Labute approximate surface area is 150 Å². The predicted molar refractivity (Wildman–Crippen MR) is 98.5 cm³/mol. The second-order valence-electron chi connectivity index (χ2n) is 7.97. The van der Waals surface area contributed by atoms with E-state index in [0.717, 1.165) is 55.7 Å². The fourth-order valence-corrected chi connectivity index (χ4v) is 4.71. The Morgan fingerprint density at radius 3 is 2.60 bits per heavy atom. The van der Waals surface area contributed by atoms with Crippen LogP contribution < -0.4 is 4.90 Å². The summed E-state index contributed by atoms with van der Waals surface area (Å²) in [5.74, 6) is 3.06. The second-order valence-corrected chi connectivity index (χ2v) is 7.97. The molecule has 2 aliphatic heterocycles. The lowest BCUT2D eigenvalue weighted by Crippen LogP contribution is -2.38. The first-order chi connectivity index (χ1) is 12.2. The van der Waals surface area contributed by atoms with Crippen molar-refractivity contribution in [2.24, 2.45) is 5.92 Å². The van der Waals surface area contributed by atoms with Gasteiger partial charge >= 0.3 is 0 Å². The maximum absolute atomic E-state index is 12.7. The third kappa shape index (κ3) is 3.65. The molecule has 5 heteroatoms. The Kier molecular flexibility index (Phi) is 4.91. The number of nitrogens with zero attached hydrogens (tertiary/aromatic N) is 4. The molecule has 1 saturated carbocycles. The Morgan fingerprint density at radius 1 is 1.08 bits per heavy atom. The van der Waals surface area contributed by atoms with Gasteiger partial charge in [-0.3, -0.25) is 4.79 Å². The number of rotatable bonds is 4. The Morgan fingerprint density at radius 2 is 1.84 bits per heavy atom. The van der Waals surface area contributed by atoms with E-state index in [0.29, 0.717) is 18.9 Å². The Balaban J connectivity index is 1.46. The molecule has 1 saturated heterocycles. The van der Waals surface area contributed by atoms with Gasteiger partial charge in [0.1, 0.15) is 11.6 Å². The normalized spacial score (nSPS) is 21.0. The summed E-state index contributed by atoms with van der Waals surface area (Å²) in [5.41, 5.74) is 2.36. The minimum Gasteiger partial charge on any atom is -0.356 e. The maximum atomic E-state index is 12.7. The summed E-state index contributed by atoms with van der Waals surface area (Å²) in [6, 6.07) is 0. The quantitative estimate of drug-likeness (QED) is 0.843. The molecule has 0 spiro atoms. The molecule has 0 bridgehead atoms. The van der Waals surface area contributed by atoms with Crippen LogP contribution in [-0.4, -0.2) is 40.4 Å². The highest BCUT2D eigenvalue weighted by Gasteiger charge is 2.28. The Hall–Kier alpha value is -1.65. The zero-order chi connectivity index (χ0) is 17.2. The molecule has 0 N–H and O–H groups in total. The largest absolute Gasteiger partial charge is 0.356 e. The van der Waals surface area contributed by atoms with E-state index in [1.807, 2.05) is 6.92 Å². The molecule has 0 unspecified atom stereocenters. The van der Waals surface area contributed by atoms with E-state index < -0.39 is 0 Å². The van der Waals surface area contributed by atoms with E-state index in [1.54, 1.807) is 0 Å². The smallest absolute Gasteiger partial charge is 0.222 e. The fourth-order valence-electron chi connectivity index (χ4n) is 4.71. The maximum Gasteiger partial charge on any atom is 0.222 e. The van der Waals surface area contributed by atoms with Crippen LogP contribution in [0.4, 0.5) is 5.82 Å². The molecule has 4 rings (SSSR count). The van der Waals surface area contributed by atoms with Crippen LogP contribution in [-0.2, 0) is 17.8 Å². The van der Waals surface area contributed by atoms with Gasteiger partial charge in [-0.1, -0.05) is 25.7 Å². The molecule has 1 aromatic heterocycles. The zero-order valence-electron chi connectivity index (χ0n) is 15.5. The van der Waals surface area contributed by atoms with E-state index in [-0.39, 0.29) is 0 Å². The summed E-state index contributed by atoms with van der Waals surface area (Å²) in [5, 5.41) is 0. The second kappa shape index (κ2) is 7.30. The Bertz CT molecular complexity index is 633. The van der Waals surface area contributed by atoms with Crippen LogP contribution in [0.2, 0.25) is 0 Å². The fraction of sp³-hybridized carbons (Fsp3) is 0.750. The SMILES string of the molecule is Cc1nc2c(c(N3CCCC3)n1)CN(C(=O)CCC1CCCC1)CC2. The monoisotopic (exact) mass is 342 g/mol. The minimum absolute atomic E-state index is 0.325. The topological polar surface area (TPSA) is 49.3 Å². The van der Waals surface area contributed by atoms with Crippen LogP contribution in [0.1, 0.15) is 68.4 Å². The van der Waals surface area contributed by atoms with Crippen LogP contribution >= 0.6 is 0 Å². The number of carbonyl (C=O) groups is 1. The summed E-state index contributed by atoms with van der Waals surface area (Å²) in [7, 11) is 0. The number of amides is 1. The van der Waals surface area contributed by atoms with Gasteiger partial charge in [0.2, 0.25) is 5.91 Å². The third-order valence-electron chi connectivity index (χ3n) is 6.15. The molecule has 0 atom stereocenters. The number of fused-ring (bicyclic) bond motifs is 1. The first kappa shape index (κ1) is 16.8. The van der Waals surface area contributed by atoms with Crippen molar-refractivity contribution in [2.75, 3.05) is 24.5 Å². The minimum atomic E-state index is 0.325. The summed E-state index contributed by atoms with van der Waals surface area (Å²) in [4.78, 5) is 26.6. The van der Waals surface area contributed by atoms with Gasteiger partial charge in [0.15, 0.2) is 0 Å². The molecular formula is C20H30N4O. The highest BCUT2D eigenvalue weighted by molar-refractivity contribution is 5.76. The van der Waals surface area contributed by atoms with Crippen molar-refractivity contribution in [1.29, 1.82) is 0 Å². The molecule has 3 heterocycles. The molecule has 2 fully saturated rings. The van der Waals surface area contributed by atoms with Crippen LogP contribution in [0.15, 0.2) is 0 Å². The van der Waals surface area contributed by atoms with Crippen molar-refractivity contribution in [3.8, 4) is 0 Å². The van der Waals surface area contributed by atoms with Crippen molar-refractivity contribution >= 4 is 11.7 Å². The molecular weight excluding hydrogens is 312 g/mol. The van der Waals surface area contributed by atoms with Crippen molar-refractivity contribution in [3.63, 3.8) is 0 Å². The lowest BCUT2D eigenvalue weighted by Gasteiger charge is -2.32. The lowest BCUT2D eigenvalue weighted by atomic mass is 10.00. The van der Waals surface area contributed by atoms with Crippen LogP contribution in [0.25, 0.3) is 0 Å². The van der Waals surface area contributed by atoms with Crippen LogP contribution in [0, 0.1) is 12.8 Å². The van der Waals surface area contributed by atoms with Crippen molar-refractivity contribution in [3.05, 3.63) is 17.1 Å². The van der Waals surface area contributed by atoms with Crippen molar-refractivity contribution in [1.82, 2.24) is 14.9 Å². The number of hydrogen-bond acceptors (Lipinski definition) is 4. The molecule has 0 radical (unpaired) electrons. The number of aromatic nitrogens is 2. The van der Waals surface area contributed by atoms with Gasteiger partial charge in [-0.15, -0.1) is 0 Å². The molecule has 1 amide bonds. The first-order valence-corrected chi connectivity index (χ1v) is 10.1. The molecule has 1 aromatic rings. The van der Waals surface area contributed by atoms with E-state index in [9.17, 15) is 4.79 Å². The van der Waals surface area contributed by atoms with Crippen LogP contribution in [0.3, 0.4) is 0 Å². The van der Waals surface area contributed by atoms with Gasteiger partial charge in [0.25, 0.3) is 0 Å². The average molecular weight is 342 g/mol. The third-order valence-corrected chi connectivity index (χ3v) is 6.15. The van der Waals surface area contributed by atoms with Gasteiger partial charge in [0, 0.05) is 38.0 Å². The van der Waals surface area contributed by atoms with Crippen LogP contribution in [0.5, 0.6) is 0 Å². The highest BCUT2D eigenvalue weighted by Crippen LogP contribution is 2.31. The molecule has 3 aliphatic rings. The van der Waals surface area contributed by atoms with Gasteiger partial charge in [-0.2, -0.15) is 0 Å². The summed E-state index contributed by atoms with van der Waals surface area (Å²) in [6.07, 6.45) is 10.5. The van der Waals surface area contributed by atoms with E-state index >= 15 is 0 Å². The first-order valence-electron chi connectivity index (χ1n) is 10.1. The molecule has 25 heavy (non-hydrogen) atoms. The van der Waals surface area contributed by atoms with Gasteiger partial charge in [-0.25, -0.2) is 9.97 Å². The molecule has 5 nitrogen and oxygen atoms in total. The lowest BCUT2D eigenvalue weighted by molar-refractivity contribution is -0.132. The molecule has 136 valence electrons. The van der Waals surface area contributed by atoms with Gasteiger partial charge in [-0.05, 0) is 32.1 Å². The summed E-state index contributed by atoms with van der Waals surface area (Å²) < 4.78 is 0. The number of anilines is 1. The van der Waals surface area contributed by atoms with Gasteiger partial charge in [0.05, 0.1) is 12.2 Å². The average Bonchev–Trinajstić information content (AvgIpc) is 3.32. The van der Waals surface area contributed by atoms with Crippen molar-refractivity contribution < 1.29 is 4.79 Å². The van der Waals surface area contributed by atoms with Gasteiger partial charge < -0.3 is 9.80 Å². The predicted octanol–water partition coefficient (Wildman–Crippen LogP) is 3.24. The van der Waals surface area contributed by atoms with E-state index in [1.165, 1.54) is 44.1 Å². The zero-order valence-corrected chi connectivity index (χ0v) is 15.5. The highest BCUT2D eigenvalue weighted by atomic mass is 16.2. The van der Waals surface area contributed by atoms with E-state index in [2.05, 4.69) is 14.8 Å². The number of hydrogen-bond donors (Lipinski definition) is 0. The summed E-state index contributed by atoms with van der Waals surface area (Å²) in [6.45, 7) is 5.66. The van der Waals surface area contributed by atoms with Crippen molar-refractivity contribution in [2.45, 2.75) is 71.3 Å². The molecule has 0 aromatic carbocycles. The standard InChI is InChI=1S/C20H30N4O/c1-15-21-18-10-13-24(19(25)9-8-16-6-2-3-7-16)14-17(18)20(22-15)23-11-4-5-12-23/h16H,2-14H2,1H3. The van der Waals surface area contributed by atoms with E-state index in [4.69, 9.17) is 4.98 Å².